The van der Waals surface area contributed by atoms with Crippen molar-refractivity contribution in [1.82, 2.24) is 10.2 Å². The highest BCUT2D eigenvalue weighted by molar-refractivity contribution is 5.89. The van der Waals surface area contributed by atoms with Gasteiger partial charge in [0.05, 0.1) is 6.54 Å². The molecule has 0 spiro atoms. The van der Waals surface area contributed by atoms with Crippen molar-refractivity contribution in [2.75, 3.05) is 20.1 Å². The van der Waals surface area contributed by atoms with Crippen molar-refractivity contribution in [2.24, 2.45) is 11.7 Å². The number of likely N-dealkylation sites (tertiary alicyclic amines) is 1. The molecule has 0 bridgehead atoms. The van der Waals surface area contributed by atoms with Crippen LogP contribution < -0.4 is 11.1 Å². The van der Waals surface area contributed by atoms with Gasteiger partial charge in [0.25, 0.3) is 0 Å². The fraction of sp³-hybridized carbons (Fsp3) is 0.778. The molecule has 0 aromatic rings. The Morgan fingerprint density at radius 2 is 2.21 bits per heavy atom. The number of hydrogen-bond acceptors (Lipinski definition) is 3. The van der Waals surface area contributed by atoms with Crippen LogP contribution in [-0.2, 0) is 9.59 Å². The SMILES string of the molecule is CNC(=O)[C@@H]1[C@H](C)CCN1C(=O)CN. The Hall–Kier alpha value is -1.10. The molecule has 0 aromatic heterocycles. The van der Waals surface area contributed by atoms with E-state index in [4.69, 9.17) is 5.73 Å². The molecule has 14 heavy (non-hydrogen) atoms. The van der Waals surface area contributed by atoms with Crippen LogP contribution in [0.2, 0.25) is 0 Å². The van der Waals surface area contributed by atoms with Gasteiger partial charge in [0.15, 0.2) is 0 Å². The first-order valence-electron chi connectivity index (χ1n) is 4.83. The second-order valence-electron chi connectivity index (χ2n) is 3.62. The minimum absolute atomic E-state index is 0.0276. The summed E-state index contributed by atoms with van der Waals surface area (Å²) in [6, 6.07) is -0.337. The zero-order chi connectivity index (χ0) is 10.7. The molecule has 0 radical (unpaired) electrons. The molecule has 2 amide bonds. The Morgan fingerprint density at radius 1 is 1.57 bits per heavy atom. The van der Waals surface area contributed by atoms with Crippen LogP contribution in [0, 0.1) is 5.92 Å². The van der Waals surface area contributed by atoms with Crippen molar-refractivity contribution in [3.63, 3.8) is 0 Å². The maximum Gasteiger partial charge on any atom is 0.242 e. The number of carbonyl (C=O) groups excluding carboxylic acids is 2. The fourth-order valence-electron chi connectivity index (χ4n) is 1.89. The first-order valence-corrected chi connectivity index (χ1v) is 4.83. The zero-order valence-corrected chi connectivity index (χ0v) is 8.62. The van der Waals surface area contributed by atoms with Gasteiger partial charge in [-0.1, -0.05) is 6.92 Å². The Kier molecular flexibility index (Phi) is 3.46. The van der Waals surface area contributed by atoms with Crippen molar-refractivity contribution in [3.8, 4) is 0 Å². The molecule has 0 saturated carbocycles. The molecule has 0 aliphatic carbocycles. The molecule has 1 heterocycles. The van der Waals surface area contributed by atoms with Crippen molar-refractivity contribution in [3.05, 3.63) is 0 Å². The van der Waals surface area contributed by atoms with Gasteiger partial charge in [-0.3, -0.25) is 9.59 Å². The van der Waals surface area contributed by atoms with Gasteiger partial charge in [0, 0.05) is 13.6 Å². The van der Waals surface area contributed by atoms with Crippen molar-refractivity contribution in [1.29, 1.82) is 0 Å². The summed E-state index contributed by atoms with van der Waals surface area (Å²) in [5, 5.41) is 2.57. The van der Waals surface area contributed by atoms with E-state index in [1.54, 1.807) is 11.9 Å². The molecular formula is C9H17N3O2. The largest absolute Gasteiger partial charge is 0.357 e. The second kappa shape index (κ2) is 4.41. The van der Waals surface area contributed by atoms with Gasteiger partial charge >= 0.3 is 0 Å². The first-order chi connectivity index (χ1) is 6.61. The lowest BCUT2D eigenvalue weighted by atomic mass is 10.0. The highest BCUT2D eigenvalue weighted by atomic mass is 16.2. The molecule has 1 aliphatic rings. The number of hydrogen-bond donors (Lipinski definition) is 2. The Labute approximate surface area is 83.6 Å². The lowest BCUT2D eigenvalue weighted by molar-refractivity contribution is -0.138. The summed E-state index contributed by atoms with van der Waals surface area (Å²) in [7, 11) is 1.58. The minimum atomic E-state index is -0.337. The van der Waals surface area contributed by atoms with E-state index in [2.05, 4.69) is 5.32 Å². The third-order valence-electron chi connectivity index (χ3n) is 2.71. The molecule has 2 atom stereocenters. The van der Waals surface area contributed by atoms with E-state index in [9.17, 15) is 9.59 Å². The van der Waals surface area contributed by atoms with Gasteiger partial charge in [-0.25, -0.2) is 0 Å². The van der Waals surface area contributed by atoms with Crippen LogP contribution in [0.5, 0.6) is 0 Å². The van der Waals surface area contributed by atoms with Gasteiger partial charge < -0.3 is 16.0 Å². The maximum absolute atomic E-state index is 11.5. The molecule has 0 aromatic carbocycles. The third-order valence-corrected chi connectivity index (χ3v) is 2.71. The molecule has 80 valence electrons. The molecule has 5 nitrogen and oxygen atoms in total. The normalized spacial score (nSPS) is 26.4. The standard InChI is InChI=1S/C9H17N3O2/c1-6-3-4-12(7(13)5-10)8(6)9(14)11-2/h6,8H,3-5,10H2,1-2H3,(H,11,14)/t6-,8+/m1/s1. The number of amides is 2. The minimum Gasteiger partial charge on any atom is -0.357 e. The molecule has 3 N–H and O–H groups in total. The van der Waals surface area contributed by atoms with Gasteiger partial charge in [-0.2, -0.15) is 0 Å². The molecule has 1 fully saturated rings. The van der Waals surface area contributed by atoms with Gasteiger partial charge in [0.2, 0.25) is 11.8 Å². The van der Waals surface area contributed by atoms with Crippen LogP contribution in [0.15, 0.2) is 0 Å². The Balaban J connectivity index is 2.76. The lowest BCUT2D eigenvalue weighted by Crippen LogP contribution is -2.48. The third kappa shape index (κ3) is 1.87. The average molecular weight is 199 g/mol. The monoisotopic (exact) mass is 199 g/mol. The summed E-state index contributed by atoms with van der Waals surface area (Å²) in [6.45, 7) is 2.58. The Morgan fingerprint density at radius 3 is 2.71 bits per heavy atom. The smallest absolute Gasteiger partial charge is 0.242 e. The summed E-state index contributed by atoms with van der Waals surface area (Å²) in [6.07, 6.45) is 0.865. The number of rotatable bonds is 2. The van der Waals surface area contributed by atoms with Crippen LogP contribution >= 0.6 is 0 Å². The molecule has 1 saturated heterocycles. The maximum atomic E-state index is 11.5. The van der Waals surface area contributed by atoms with Crippen LogP contribution in [0.25, 0.3) is 0 Å². The summed E-state index contributed by atoms with van der Waals surface area (Å²) < 4.78 is 0. The second-order valence-corrected chi connectivity index (χ2v) is 3.62. The molecular weight excluding hydrogens is 182 g/mol. The summed E-state index contributed by atoms with van der Waals surface area (Å²) in [5.74, 6) is -0.0369. The summed E-state index contributed by atoms with van der Waals surface area (Å²) in [4.78, 5) is 24.5. The van der Waals surface area contributed by atoms with Gasteiger partial charge in [-0.05, 0) is 12.3 Å². The predicted molar refractivity (Wildman–Crippen MR) is 52.4 cm³/mol. The van der Waals surface area contributed by atoms with Crippen LogP contribution in [0.3, 0.4) is 0 Å². The average Bonchev–Trinajstić information content (AvgIpc) is 2.58. The number of nitrogens with one attached hydrogen (secondary N) is 1. The number of carbonyl (C=O) groups is 2. The highest BCUT2D eigenvalue weighted by Gasteiger charge is 2.38. The van der Waals surface area contributed by atoms with Gasteiger partial charge in [0.1, 0.15) is 6.04 Å². The predicted octanol–water partition coefficient (Wildman–Crippen LogP) is -1.07. The van der Waals surface area contributed by atoms with Crippen LogP contribution in [-0.4, -0.2) is 42.9 Å². The number of nitrogens with zero attached hydrogens (tertiary/aromatic N) is 1. The zero-order valence-electron chi connectivity index (χ0n) is 8.62. The number of nitrogens with two attached hydrogens (primary N) is 1. The molecule has 1 aliphatic heterocycles. The van der Waals surface area contributed by atoms with Crippen molar-refractivity contribution >= 4 is 11.8 Å². The lowest BCUT2D eigenvalue weighted by Gasteiger charge is -2.24. The van der Waals surface area contributed by atoms with E-state index in [0.717, 1.165) is 6.42 Å². The molecule has 0 unspecified atom stereocenters. The van der Waals surface area contributed by atoms with E-state index in [0.29, 0.717) is 6.54 Å². The van der Waals surface area contributed by atoms with Crippen molar-refractivity contribution in [2.45, 2.75) is 19.4 Å². The van der Waals surface area contributed by atoms with E-state index in [-0.39, 0.29) is 30.3 Å². The molecule has 1 rings (SSSR count). The summed E-state index contributed by atoms with van der Waals surface area (Å²) >= 11 is 0. The fourth-order valence-corrected chi connectivity index (χ4v) is 1.89. The Bertz CT molecular complexity index is 242. The highest BCUT2D eigenvalue weighted by Crippen LogP contribution is 2.23. The van der Waals surface area contributed by atoms with Crippen molar-refractivity contribution < 1.29 is 9.59 Å². The number of likely N-dealkylation sites (N-methyl/N-ethyl adjacent to an activating group) is 1. The van der Waals surface area contributed by atoms with Crippen LogP contribution in [0.4, 0.5) is 0 Å². The van der Waals surface area contributed by atoms with E-state index >= 15 is 0 Å². The first kappa shape index (κ1) is 11.0. The molecule has 5 heteroatoms. The topological polar surface area (TPSA) is 75.4 Å². The van der Waals surface area contributed by atoms with E-state index in [1.165, 1.54) is 0 Å². The quantitative estimate of drug-likeness (QED) is 0.594. The van der Waals surface area contributed by atoms with E-state index < -0.39 is 0 Å². The summed E-state index contributed by atoms with van der Waals surface area (Å²) in [5.41, 5.74) is 5.28. The van der Waals surface area contributed by atoms with Crippen LogP contribution in [0.1, 0.15) is 13.3 Å². The van der Waals surface area contributed by atoms with E-state index in [1.807, 2.05) is 6.92 Å². The van der Waals surface area contributed by atoms with Gasteiger partial charge in [-0.15, -0.1) is 0 Å².